The largest absolute Gasteiger partial charge is 0.497 e. The van der Waals surface area contributed by atoms with E-state index in [0.717, 1.165) is 42.3 Å². The lowest BCUT2D eigenvalue weighted by atomic mass is 10.1. The molecule has 0 unspecified atom stereocenters. The maximum absolute atomic E-state index is 6.27. The molecule has 2 aromatic carbocycles. The first kappa shape index (κ1) is 23.7. The second kappa shape index (κ2) is 11.6. The Morgan fingerprint density at radius 1 is 1.09 bits per heavy atom. The third-order valence-electron chi connectivity index (χ3n) is 4.95. The lowest BCUT2D eigenvalue weighted by Gasteiger charge is -2.27. The highest BCUT2D eigenvalue weighted by Gasteiger charge is 2.15. The van der Waals surface area contributed by atoms with Crippen LogP contribution in [0.25, 0.3) is 0 Å². The van der Waals surface area contributed by atoms with Crippen molar-refractivity contribution in [2.24, 2.45) is 0 Å². The monoisotopic (exact) mass is 474 g/mol. The number of nitrogens with zero attached hydrogens (tertiary/aromatic N) is 3. The summed E-state index contributed by atoms with van der Waals surface area (Å²) in [6.07, 6.45) is 6.43. The van der Waals surface area contributed by atoms with Crippen molar-refractivity contribution in [3.63, 3.8) is 0 Å². The average molecular weight is 475 g/mol. The molecule has 0 saturated carbocycles. The first-order valence-corrected chi connectivity index (χ1v) is 10.9. The van der Waals surface area contributed by atoms with Gasteiger partial charge in [0.25, 0.3) is 0 Å². The van der Waals surface area contributed by atoms with Crippen LogP contribution >= 0.6 is 23.8 Å². The normalized spacial score (nSPS) is 10.5. The highest BCUT2D eigenvalue weighted by molar-refractivity contribution is 7.80. The fraction of sp³-hybridized carbons (Fsp3) is 0.304. The van der Waals surface area contributed by atoms with Crippen LogP contribution in [-0.4, -0.2) is 47.4 Å². The number of imidazole rings is 1. The van der Waals surface area contributed by atoms with Crippen LogP contribution in [0.1, 0.15) is 12.0 Å². The van der Waals surface area contributed by atoms with Gasteiger partial charge in [0.15, 0.2) is 5.11 Å². The molecule has 32 heavy (non-hydrogen) atoms. The summed E-state index contributed by atoms with van der Waals surface area (Å²) in [6, 6.07) is 11.3. The first-order chi connectivity index (χ1) is 15.5. The predicted molar refractivity (Wildman–Crippen MR) is 131 cm³/mol. The van der Waals surface area contributed by atoms with Gasteiger partial charge in [0.1, 0.15) is 17.2 Å². The van der Waals surface area contributed by atoms with Crippen molar-refractivity contribution in [2.75, 3.05) is 33.2 Å². The van der Waals surface area contributed by atoms with E-state index in [1.807, 2.05) is 47.4 Å². The van der Waals surface area contributed by atoms with E-state index in [9.17, 15) is 0 Å². The number of benzene rings is 2. The molecule has 3 rings (SSSR count). The molecule has 0 atom stereocenters. The van der Waals surface area contributed by atoms with Crippen LogP contribution in [0.15, 0.2) is 55.1 Å². The molecule has 1 N–H and O–H groups in total. The summed E-state index contributed by atoms with van der Waals surface area (Å²) in [5.41, 5.74) is 1.80. The number of thiocarbonyl (C=S) groups is 1. The van der Waals surface area contributed by atoms with Crippen molar-refractivity contribution in [2.45, 2.75) is 19.5 Å². The Morgan fingerprint density at radius 2 is 1.91 bits per heavy atom. The molecule has 1 heterocycles. The Hall–Kier alpha value is -2.97. The van der Waals surface area contributed by atoms with Crippen LogP contribution in [-0.2, 0) is 13.1 Å². The van der Waals surface area contributed by atoms with Gasteiger partial charge in [-0.3, -0.25) is 0 Å². The molecule has 3 aromatic rings. The highest BCUT2D eigenvalue weighted by atomic mass is 35.5. The quantitative estimate of drug-likeness (QED) is 0.421. The second-order valence-electron chi connectivity index (χ2n) is 7.03. The summed E-state index contributed by atoms with van der Waals surface area (Å²) in [4.78, 5) is 6.21. The predicted octanol–water partition coefficient (Wildman–Crippen LogP) is 4.85. The zero-order chi connectivity index (χ0) is 22.9. The number of hydrogen-bond acceptors (Lipinski definition) is 5. The van der Waals surface area contributed by atoms with Crippen LogP contribution in [0, 0.1) is 0 Å². The van der Waals surface area contributed by atoms with E-state index in [1.165, 1.54) is 0 Å². The Kier molecular flexibility index (Phi) is 8.58. The van der Waals surface area contributed by atoms with Crippen molar-refractivity contribution in [3.05, 3.63) is 65.7 Å². The topological polar surface area (TPSA) is 60.8 Å². The molecule has 0 saturated heterocycles. The van der Waals surface area contributed by atoms with Gasteiger partial charge in [-0.05, 0) is 49.0 Å². The Bertz CT molecular complexity index is 1030. The summed E-state index contributed by atoms with van der Waals surface area (Å²) in [5.74, 6) is 2.10. The molecule has 1 aromatic heterocycles. The van der Waals surface area contributed by atoms with E-state index < -0.39 is 0 Å². The lowest BCUT2D eigenvalue weighted by Crippen LogP contribution is -2.35. The Balaban J connectivity index is 1.76. The van der Waals surface area contributed by atoms with Gasteiger partial charge < -0.3 is 29.0 Å². The number of hydrogen-bond donors (Lipinski definition) is 1. The van der Waals surface area contributed by atoms with Crippen molar-refractivity contribution in [3.8, 4) is 17.2 Å². The minimum absolute atomic E-state index is 0.517. The van der Waals surface area contributed by atoms with Crippen LogP contribution in [0.5, 0.6) is 17.2 Å². The van der Waals surface area contributed by atoms with Crippen LogP contribution in [0.3, 0.4) is 0 Å². The SMILES string of the molecule is COc1ccc(CN(CCCn2ccnc2)C(=S)Nc2ccc(OC)c(Cl)c2)c(OC)c1. The van der Waals surface area contributed by atoms with Gasteiger partial charge in [0.05, 0.1) is 32.7 Å². The molecule has 0 fully saturated rings. The third kappa shape index (κ3) is 6.27. The zero-order valence-corrected chi connectivity index (χ0v) is 19.9. The molecule has 0 radical (unpaired) electrons. The number of rotatable bonds is 10. The molecular formula is C23H27ClN4O3S. The second-order valence-corrected chi connectivity index (χ2v) is 7.83. The maximum atomic E-state index is 6.27. The zero-order valence-electron chi connectivity index (χ0n) is 18.4. The van der Waals surface area contributed by atoms with E-state index in [4.69, 9.17) is 38.0 Å². The van der Waals surface area contributed by atoms with Crippen molar-refractivity contribution >= 4 is 34.6 Å². The van der Waals surface area contributed by atoms with Gasteiger partial charge in [0, 0.05) is 49.3 Å². The number of aromatic nitrogens is 2. The van der Waals surface area contributed by atoms with E-state index >= 15 is 0 Å². The fourth-order valence-corrected chi connectivity index (χ4v) is 3.78. The molecule has 0 aliphatic rings. The minimum Gasteiger partial charge on any atom is -0.497 e. The number of nitrogens with one attached hydrogen (secondary N) is 1. The van der Waals surface area contributed by atoms with Crippen LogP contribution in [0.4, 0.5) is 5.69 Å². The summed E-state index contributed by atoms with van der Waals surface area (Å²) in [6.45, 7) is 2.16. The number of anilines is 1. The average Bonchev–Trinajstić information content (AvgIpc) is 3.32. The number of halogens is 1. The Labute approximate surface area is 198 Å². The van der Waals surface area contributed by atoms with Crippen LogP contribution < -0.4 is 19.5 Å². The standard InChI is InChI=1S/C23H27ClN4O3S/c1-29-19-7-5-17(22(14-19)31-3)15-28(11-4-10-27-12-9-25-16-27)23(32)26-18-6-8-21(30-2)20(24)13-18/h5-9,12-14,16H,4,10-11,15H2,1-3H3,(H,26,32). The third-order valence-corrected chi connectivity index (χ3v) is 5.60. The van der Waals surface area contributed by atoms with Gasteiger partial charge in [0.2, 0.25) is 0 Å². The lowest BCUT2D eigenvalue weighted by molar-refractivity contribution is 0.366. The van der Waals surface area contributed by atoms with Crippen LogP contribution in [0.2, 0.25) is 5.02 Å². The van der Waals surface area contributed by atoms with Crippen molar-refractivity contribution in [1.82, 2.24) is 14.5 Å². The molecule has 0 aliphatic carbocycles. The summed E-state index contributed by atoms with van der Waals surface area (Å²) < 4.78 is 18.2. The molecule has 9 heteroatoms. The summed E-state index contributed by atoms with van der Waals surface area (Å²) in [7, 11) is 4.87. The molecule has 0 spiro atoms. The molecule has 7 nitrogen and oxygen atoms in total. The minimum atomic E-state index is 0.517. The van der Waals surface area contributed by atoms with Gasteiger partial charge >= 0.3 is 0 Å². The van der Waals surface area contributed by atoms with Gasteiger partial charge in [-0.25, -0.2) is 4.98 Å². The van der Waals surface area contributed by atoms with E-state index in [-0.39, 0.29) is 0 Å². The van der Waals surface area contributed by atoms with Crippen molar-refractivity contribution in [1.29, 1.82) is 0 Å². The molecule has 0 amide bonds. The smallest absolute Gasteiger partial charge is 0.173 e. The fourth-order valence-electron chi connectivity index (χ4n) is 3.25. The summed E-state index contributed by atoms with van der Waals surface area (Å²) in [5, 5.41) is 4.40. The van der Waals surface area contributed by atoms with Gasteiger partial charge in [-0.2, -0.15) is 0 Å². The van der Waals surface area contributed by atoms with Crippen molar-refractivity contribution < 1.29 is 14.2 Å². The molecular weight excluding hydrogens is 448 g/mol. The molecule has 0 bridgehead atoms. The highest BCUT2D eigenvalue weighted by Crippen LogP contribution is 2.28. The number of ether oxygens (including phenoxy) is 3. The van der Waals surface area contributed by atoms with E-state index in [1.54, 1.807) is 33.6 Å². The van der Waals surface area contributed by atoms with Gasteiger partial charge in [-0.15, -0.1) is 0 Å². The first-order valence-electron chi connectivity index (χ1n) is 10.1. The van der Waals surface area contributed by atoms with Gasteiger partial charge in [-0.1, -0.05) is 11.6 Å². The molecule has 0 aliphatic heterocycles. The number of methoxy groups -OCH3 is 3. The van der Waals surface area contributed by atoms with E-state index in [0.29, 0.717) is 22.4 Å². The Morgan fingerprint density at radius 3 is 2.56 bits per heavy atom. The molecule has 170 valence electrons. The summed E-state index contributed by atoms with van der Waals surface area (Å²) >= 11 is 12.0. The maximum Gasteiger partial charge on any atom is 0.173 e. The number of aryl methyl sites for hydroxylation is 1. The van der Waals surface area contributed by atoms with E-state index in [2.05, 4.69) is 15.2 Å².